The average Bonchev–Trinajstić information content (AvgIpc) is 3.20. The van der Waals surface area contributed by atoms with Crippen LogP contribution in [-0.2, 0) is 0 Å². The van der Waals surface area contributed by atoms with Crippen LogP contribution in [0.4, 0.5) is 5.69 Å². The first-order valence-corrected chi connectivity index (χ1v) is 10.2. The first-order chi connectivity index (χ1) is 12.9. The maximum absolute atomic E-state index is 12.7. The zero-order chi connectivity index (χ0) is 19.1. The molecule has 0 unspecified atom stereocenters. The van der Waals surface area contributed by atoms with Crippen LogP contribution in [0.3, 0.4) is 0 Å². The van der Waals surface area contributed by atoms with Crippen LogP contribution in [0.15, 0.2) is 53.0 Å². The van der Waals surface area contributed by atoms with Crippen LogP contribution < -0.4 is 5.32 Å². The molecule has 1 amide bonds. The molecule has 27 heavy (non-hydrogen) atoms. The monoisotopic (exact) mass is 439 g/mol. The van der Waals surface area contributed by atoms with Crippen LogP contribution in [0.1, 0.15) is 26.5 Å². The third kappa shape index (κ3) is 3.42. The largest absolute Gasteiger partial charge is 0.321 e. The Bertz CT molecular complexity index is 1160. The zero-order valence-electron chi connectivity index (χ0n) is 15.2. The second-order valence-electron chi connectivity index (χ2n) is 6.56. The number of thiophene rings is 1. The van der Waals surface area contributed by atoms with E-state index in [0.717, 1.165) is 37.3 Å². The molecule has 0 bridgehead atoms. The Labute approximate surface area is 170 Å². The Morgan fingerprint density at radius 1 is 1.04 bits per heavy atom. The normalized spacial score (nSPS) is 11.1. The van der Waals surface area contributed by atoms with Crippen molar-refractivity contribution in [2.75, 3.05) is 5.32 Å². The van der Waals surface area contributed by atoms with E-state index in [1.54, 1.807) is 0 Å². The number of nitrogens with zero attached hydrogens (tertiary/aromatic N) is 2. The van der Waals surface area contributed by atoms with Gasteiger partial charge in [-0.1, -0.05) is 22.0 Å². The summed E-state index contributed by atoms with van der Waals surface area (Å²) in [6, 6.07) is 15.9. The van der Waals surface area contributed by atoms with Gasteiger partial charge in [0.2, 0.25) is 0 Å². The fourth-order valence-corrected chi connectivity index (χ4v) is 4.27. The SMILES string of the molecule is Cc1ccc(NC(=O)c2cc3c(C)nn(-c4ccc(Br)cc4)c3s2)cc1C. The Morgan fingerprint density at radius 2 is 1.78 bits per heavy atom. The molecule has 0 spiro atoms. The van der Waals surface area contributed by atoms with Gasteiger partial charge in [-0.2, -0.15) is 5.10 Å². The zero-order valence-corrected chi connectivity index (χ0v) is 17.6. The van der Waals surface area contributed by atoms with Crippen molar-refractivity contribution in [1.82, 2.24) is 9.78 Å². The molecule has 6 heteroatoms. The number of carbonyl (C=O) groups excluding carboxylic acids is 1. The van der Waals surface area contributed by atoms with E-state index in [1.165, 1.54) is 16.9 Å². The van der Waals surface area contributed by atoms with Gasteiger partial charge < -0.3 is 5.32 Å². The highest BCUT2D eigenvalue weighted by molar-refractivity contribution is 9.10. The molecule has 4 aromatic rings. The number of hydrogen-bond donors (Lipinski definition) is 1. The van der Waals surface area contributed by atoms with Crippen molar-refractivity contribution in [2.24, 2.45) is 0 Å². The minimum atomic E-state index is -0.0961. The molecule has 1 N–H and O–H groups in total. The van der Waals surface area contributed by atoms with Crippen molar-refractivity contribution in [3.05, 3.63) is 74.7 Å². The van der Waals surface area contributed by atoms with Gasteiger partial charge in [0.1, 0.15) is 4.83 Å². The number of benzene rings is 2. The molecule has 0 fully saturated rings. The van der Waals surface area contributed by atoms with Crippen LogP contribution in [0, 0.1) is 20.8 Å². The summed E-state index contributed by atoms with van der Waals surface area (Å²) >= 11 is 4.91. The van der Waals surface area contributed by atoms with E-state index in [4.69, 9.17) is 0 Å². The van der Waals surface area contributed by atoms with Gasteiger partial charge in [-0.25, -0.2) is 4.68 Å². The highest BCUT2D eigenvalue weighted by atomic mass is 79.9. The molecule has 2 heterocycles. The summed E-state index contributed by atoms with van der Waals surface area (Å²) < 4.78 is 2.92. The predicted octanol–water partition coefficient (Wildman–Crippen LogP) is 6.03. The van der Waals surface area contributed by atoms with E-state index in [-0.39, 0.29) is 5.91 Å². The van der Waals surface area contributed by atoms with E-state index < -0.39 is 0 Å². The van der Waals surface area contributed by atoms with E-state index in [1.807, 2.05) is 67.1 Å². The average molecular weight is 440 g/mol. The number of anilines is 1. The lowest BCUT2D eigenvalue weighted by Crippen LogP contribution is -2.10. The topological polar surface area (TPSA) is 46.9 Å². The Balaban J connectivity index is 1.68. The number of fused-ring (bicyclic) bond motifs is 1. The second kappa shape index (κ2) is 6.94. The number of nitrogens with one attached hydrogen (secondary N) is 1. The third-order valence-electron chi connectivity index (χ3n) is 4.60. The van der Waals surface area contributed by atoms with Crippen LogP contribution in [0.5, 0.6) is 0 Å². The quantitative estimate of drug-likeness (QED) is 0.423. The van der Waals surface area contributed by atoms with Crippen molar-refractivity contribution >= 4 is 49.1 Å². The molecule has 0 aliphatic heterocycles. The van der Waals surface area contributed by atoms with Crippen molar-refractivity contribution in [3.63, 3.8) is 0 Å². The molecule has 0 saturated carbocycles. The van der Waals surface area contributed by atoms with Gasteiger partial charge in [-0.15, -0.1) is 11.3 Å². The number of aryl methyl sites for hydroxylation is 3. The van der Waals surface area contributed by atoms with Crippen molar-refractivity contribution < 1.29 is 4.79 Å². The summed E-state index contributed by atoms with van der Waals surface area (Å²) in [6.07, 6.45) is 0. The van der Waals surface area contributed by atoms with Gasteiger partial charge in [0.05, 0.1) is 16.3 Å². The number of carbonyl (C=O) groups is 1. The summed E-state index contributed by atoms with van der Waals surface area (Å²) in [5.41, 5.74) is 5.06. The van der Waals surface area contributed by atoms with Gasteiger partial charge in [-0.3, -0.25) is 4.79 Å². The minimum absolute atomic E-state index is 0.0961. The molecule has 4 nitrogen and oxygen atoms in total. The molecule has 0 aliphatic carbocycles. The van der Waals surface area contributed by atoms with Gasteiger partial charge in [0.15, 0.2) is 0 Å². The van der Waals surface area contributed by atoms with E-state index in [2.05, 4.69) is 33.3 Å². The van der Waals surface area contributed by atoms with E-state index in [0.29, 0.717) is 4.88 Å². The number of aromatic nitrogens is 2. The van der Waals surface area contributed by atoms with Crippen molar-refractivity contribution in [2.45, 2.75) is 20.8 Å². The number of hydrogen-bond acceptors (Lipinski definition) is 3. The summed E-state index contributed by atoms with van der Waals surface area (Å²) in [6.45, 7) is 6.07. The lowest BCUT2D eigenvalue weighted by atomic mass is 10.1. The van der Waals surface area contributed by atoms with Crippen LogP contribution in [-0.4, -0.2) is 15.7 Å². The Hall–Kier alpha value is -2.44. The van der Waals surface area contributed by atoms with E-state index in [9.17, 15) is 4.79 Å². The first kappa shape index (κ1) is 17.9. The van der Waals surface area contributed by atoms with Crippen molar-refractivity contribution in [3.8, 4) is 5.69 Å². The lowest BCUT2D eigenvalue weighted by molar-refractivity contribution is 0.103. The summed E-state index contributed by atoms with van der Waals surface area (Å²) in [5, 5.41) is 8.64. The molecular formula is C21H18BrN3OS. The van der Waals surface area contributed by atoms with Gasteiger partial charge in [0, 0.05) is 15.5 Å². The molecular weight excluding hydrogens is 422 g/mol. The smallest absolute Gasteiger partial charge is 0.265 e. The fraction of sp³-hybridized carbons (Fsp3) is 0.143. The Kier molecular flexibility index (Phi) is 4.61. The number of rotatable bonds is 3. The highest BCUT2D eigenvalue weighted by Crippen LogP contribution is 2.31. The van der Waals surface area contributed by atoms with Crippen LogP contribution in [0.25, 0.3) is 15.9 Å². The fourth-order valence-electron chi connectivity index (χ4n) is 2.93. The molecule has 0 aliphatic rings. The summed E-state index contributed by atoms with van der Waals surface area (Å²) in [4.78, 5) is 14.4. The van der Waals surface area contributed by atoms with Crippen molar-refractivity contribution in [1.29, 1.82) is 0 Å². The molecule has 0 radical (unpaired) electrons. The third-order valence-corrected chi connectivity index (χ3v) is 6.24. The van der Waals surface area contributed by atoms with Gasteiger partial charge >= 0.3 is 0 Å². The molecule has 2 aromatic carbocycles. The second-order valence-corrected chi connectivity index (χ2v) is 8.50. The Morgan fingerprint density at radius 3 is 2.48 bits per heavy atom. The summed E-state index contributed by atoms with van der Waals surface area (Å²) in [7, 11) is 0. The van der Waals surface area contributed by atoms with Crippen LogP contribution >= 0.6 is 27.3 Å². The van der Waals surface area contributed by atoms with Gasteiger partial charge in [-0.05, 0) is 74.4 Å². The first-order valence-electron chi connectivity index (χ1n) is 8.56. The molecule has 4 rings (SSSR count). The predicted molar refractivity (Wildman–Crippen MR) is 115 cm³/mol. The molecule has 2 aromatic heterocycles. The maximum Gasteiger partial charge on any atom is 0.265 e. The number of amides is 1. The lowest BCUT2D eigenvalue weighted by Gasteiger charge is -2.06. The minimum Gasteiger partial charge on any atom is -0.321 e. The maximum atomic E-state index is 12.7. The van der Waals surface area contributed by atoms with Gasteiger partial charge in [0.25, 0.3) is 5.91 Å². The van der Waals surface area contributed by atoms with E-state index >= 15 is 0 Å². The molecule has 0 atom stereocenters. The molecule has 0 saturated heterocycles. The summed E-state index contributed by atoms with van der Waals surface area (Å²) in [5.74, 6) is -0.0961. The van der Waals surface area contributed by atoms with Crippen LogP contribution in [0.2, 0.25) is 0 Å². The number of halogens is 1. The molecule has 136 valence electrons. The highest BCUT2D eigenvalue weighted by Gasteiger charge is 2.17. The standard InChI is InChI=1S/C21H18BrN3OS/c1-12-4-7-16(10-13(12)2)23-20(26)19-11-18-14(3)24-25(21(18)27-19)17-8-5-15(22)6-9-17/h4-11H,1-3H3,(H,23,26).